The highest BCUT2D eigenvalue weighted by Gasteiger charge is 2.48. The predicted octanol–water partition coefficient (Wildman–Crippen LogP) is 2.60. The van der Waals surface area contributed by atoms with Crippen LogP contribution in [0.2, 0.25) is 0 Å². The second kappa shape index (κ2) is 5.50. The third-order valence-electron chi connectivity index (χ3n) is 5.65. The van der Waals surface area contributed by atoms with Crippen molar-refractivity contribution >= 4 is 0 Å². The fourth-order valence-electron chi connectivity index (χ4n) is 5.06. The highest BCUT2D eigenvalue weighted by Crippen LogP contribution is 2.56. The van der Waals surface area contributed by atoms with Crippen molar-refractivity contribution < 1.29 is 11.0 Å². The Balaban J connectivity index is 0.000000640. The summed E-state index contributed by atoms with van der Waals surface area (Å²) in [5.74, 6) is 5.66. The molecule has 0 heterocycles. The first kappa shape index (κ1) is 14.0. The monoisotopic (exact) mass is 228 g/mol. The van der Waals surface area contributed by atoms with E-state index in [1.54, 1.807) is 25.7 Å². The fraction of sp³-hybridized carbons (Fsp3) is 1.00. The Bertz CT molecular complexity index is 195. The first-order valence-corrected chi connectivity index (χ1v) is 6.88. The van der Waals surface area contributed by atoms with Crippen molar-refractivity contribution in [1.82, 2.24) is 0 Å². The maximum atomic E-state index is 2.57. The molecule has 0 aromatic rings. The van der Waals surface area contributed by atoms with Gasteiger partial charge in [0, 0.05) is 0 Å². The highest BCUT2D eigenvalue weighted by atomic mass is 16.0. The van der Waals surface area contributed by atoms with Crippen LogP contribution in [0.5, 0.6) is 0 Å². The number of hydrogen-bond donors (Lipinski definition) is 0. The van der Waals surface area contributed by atoms with Gasteiger partial charge in [-0.15, -0.1) is 0 Å². The largest absolute Gasteiger partial charge is 0.412 e. The lowest BCUT2D eigenvalue weighted by molar-refractivity contribution is 0.184. The molecule has 0 amide bonds. The Labute approximate surface area is 99.4 Å². The summed E-state index contributed by atoms with van der Waals surface area (Å²) in [5.41, 5.74) is 0. The van der Waals surface area contributed by atoms with E-state index >= 15 is 0 Å². The number of fused-ring (bicyclic) bond motifs is 3. The first-order valence-electron chi connectivity index (χ1n) is 6.88. The Kier molecular flexibility index (Phi) is 4.81. The normalized spacial score (nSPS) is 45.9. The quantitative estimate of drug-likeness (QED) is 0.612. The molecule has 2 nitrogen and oxygen atoms in total. The summed E-state index contributed by atoms with van der Waals surface area (Å²) in [6, 6.07) is 0. The number of rotatable bonds is 0. The molecule has 96 valence electrons. The molecule has 0 spiro atoms. The van der Waals surface area contributed by atoms with Crippen LogP contribution in [-0.4, -0.2) is 11.0 Å². The van der Waals surface area contributed by atoms with Crippen LogP contribution < -0.4 is 0 Å². The van der Waals surface area contributed by atoms with Gasteiger partial charge in [0.1, 0.15) is 0 Å². The molecular weight excluding hydrogens is 200 g/mol. The molecule has 4 N–H and O–H groups in total. The van der Waals surface area contributed by atoms with Crippen molar-refractivity contribution in [3.05, 3.63) is 0 Å². The third kappa shape index (κ3) is 2.02. The summed E-state index contributed by atoms with van der Waals surface area (Å²) in [6.07, 6.45) is 12.4. The van der Waals surface area contributed by atoms with E-state index in [4.69, 9.17) is 0 Å². The van der Waals surface area contributed by atoms with Gasteiger partial charge in [-0.1, -0.05) is 32.6 Å². The number of hydrogen-bond acceptors (Lipinski definition) is 0. The first-order chi connectivity index (χ1) is 6.88. The van der Waals surface area contributed by atoms with Gasteiger partial charge in [0.05, 0.1) is 0 Å². The minimum absolute atomic E-state index is 0. The molecule has 0 aromatic heterocycles. The van der Waals surface area contributed by atoms with E-state index in [0.29, 0.717) is 0 Å². The highest BCUT2D eigenvalue weighted by molar-refractivity contribution is 4.97. The zero-order chi connectivity index (χ0) is 9.54. The van der Waals surface area contributed by atoms with Crippen LogP contribution in [0.25, 0.3) is 0 Å². The van der Waals surface area contributed by atoms with Gasteiger partial charge >= 0.3 is 0 Å². The van der Waals surface area contributed by atoms with Gasteiger partial charge < -0.3 is 11.0 Å². The molecule has 3 fully saturated rings. The van der Waals surface area contributed by atoms with Gasteiger partial charge in [0.2, 0.25) is 0 Å². The summed E-state index contributed by atoms with van der Waals surface area (Å²) in [6.45, 7) is 2.57. The zero-order valence-electron chi connectivity index (χ0n) is 10.5. The van der Waals surface area contributed by atoms with E-state index in [9.17, 15) is 0 Å². The molecule has 0 radical (unpaired) electrons. The molecule has 3 rings (SSSR count). The van der Waals surface area contributed by atoms with E-state index in [0.717, 1.165) is 29.6 Å². The van der Waals surface area contributed by atoms with Gasteiger partial charge in [-0.3, -0.25) is 0 Å². The minimum atomic E-state index is 0. The van der Waals surface area contributed by atoms with Crippen molar-refractivity contribution in [2.24, 2.45) is 29.6 Å². The Morgan fingerprint density at radius 1 is 0.562 bits per heavy atom. The van der Waals surface area contributed by atoms with Crippen LogP contribution in [0, 0.1) is 29.6 Å². The van der Waals surface area contributed by atoms with Crippen LogP contribution >= 0.6 is 0 Å². The van der Waals surface area contributed by atoms with Gasteiger partial charge in [-0.2, -0.15) is 0 Å². The molecule has 16 heavy (non-hydrogen) atoms. The summed E-state index contributed by atoms with van der Waals surface area (Å²) in [4.78, 5) is 0. The molecule has 4 unspecified atom stereocenters. The second-order valence-corrected chi connectivity index (χ2v) is 6.08. The second-order valence-electron chi connectivity index (χ2n) is 6.08. The lowest BCUT2D eigenvalue weighted by Gasteiger charge is -2.32. The molecule has 0 bridgehead atoms. The molecular formula is C14H28O2. The Hall–Kier alpha value is -0.0800. The van der Waals surface area contributed by atoms with Crippen molar-refractivity contribution in [2.45, 2.75) is 58.3 Å². The van der Waals surface area contributed by atoms with Crippen LogP contribution in [-0.2, 0) is 0 Å². The van der Waals surface area contributed by atoms with Crippen LogP contribution in [0.4, 0.5) is 0 Å². The molecule has 4 atom stereocenters. The smallest absolute Gasteiger partial charge is 0.0352 e. The Morgan fingerprint density at radius 3 is 1.25 bits per heavy atom. The van der Waals surface area contributed by atoms with E-state index in [2.05, 4.69) is 6.92 Å². The van der Waals surface area contributed by atoms with E-state index in [1.165, 1.54) is 25.7 Å². The summed E-state index contributed by atoms with van der Waals surface area (Å²) >= 11 is 0. The Morgan fingerprint density at radius 2 is 0.875 bits per heavy atom. The topological polar surface area (TPSA) is 63.0 Å². The van der Waals surface area contributed by atoms with Crippen molar-refractivity contribution in [2.75, 3.05) is 0 Å². The molecule has 3 aliphatic rings. The predicted molar refractivity (Wildman–Crippen MR) is 67.3 cm³/mol. The molecule has 0 saturated heterocycles. The minimum Gasteiger partial charge on any atom is -0.412 e. The lowest BCUT2D eigenvalue weighted by atomic mass is 9.73. The van der Waals surface area contributed by atoms with Crippen LogP contribution in [0.3, 0.4) is 0 Å². The van der Waals surface area contributed by atoms with E-state index in [1.807, 2.05) is 0 Å². The van der Waals surface area contributed by atoms with Crippen molar-refractivity contribution in [1.29, 1.82) is 0 Å². The van der Waals surface area contributed by atoms with Crippen molar-refractivity contribution in [3.63, 3.8) is 0 Å². The van der Waals surface area contributed by atoms with Gasteiger partial charge in [0.15, 0.2) is 0 Å². The molecule has 3 saturated carbocycles. The van der Waals surface area contributed by atoms with Crippen molar-refractivity contribution in [3.8, 4) is 0 Å². The van der Waals surface area contributed by atoms with Gasteiger partial charge in [-0.05, 0) is 55.3 Å². The SMILES string of the molecule is CC1C2CCCCC2C2CCCCC12.O.O. The van der Waals surface area contributed by atoms with Gasteiger partial charge in [0.25, 0.3) is 0 Å². The average molecular weight is 228 g/mol. The fourth-order valence-corrected chi connectivity index (χ4v) is 5.06. The average Bonchev–Trinajstić information content (AvgIpc) is 2.55. The maximum Gasteiger partial charge on any atom is -0.0352 e. The van der Waals surface area contributed by atoms with E-state index in [-0.39, 0.29) is 11.0 Å². The van der Waals surface area contributed by atoms with E-state index < -0.39 is 0 Å². The van der Waals surface area contributed by atoms with Crippen LogP contribution in [0.15, 0.2) is 0 Å². The lowest BCUT2D eigenvalue weighted by Crippen LogP contribution is -2.22. The maximum absolute atomic E-state index is 2.57. The summed E-state index contributed by atoms with van der Waals surface area (Å²) in [5, 5.41) is 0. The molecule has 3 aliphatic carbocycles. The molecule has 0 aromatic carbocycles. The van der Waals surface area contributed by atoms with Gasteiger partial charge in [-0.25, -0.2) is 0 Å². The van der Waals surface area contributed by atoms with Crippen LogP contribution in [0.1, 0.15) is 58.3 Å². The summed E-state index contributed by atoms with van der Waals surface area (Å²) in [7, 11) is 0. The summed E-state index contributed by atoms with van der Waals surface area (Å²) < 4.78 is 0. The molecule has 2 heteroatoms. The zero-order valence-corrected chi connectivity index (χ0v) is 10.5. The third-order valence-corrected chi connectivity index (χ3v) is 5.65. The standard InChI is InChI=1S/C14H24.2H2O/c1-10-11-6-2-4-8-13(11)14-9-5-3-7-12(10)14;;/h10-14H,2-9H2,1H3;2*1H2. The molecule has 0 aliphatic heterocycles.